The minimum absolute atomic E-state index is 0.203. The predicted octanol–water partition coefficient (Wildman–Crippen LogP) is 2.67. The standard InChI is InChI=1S/C12H19N3OS2/c1-9-3-5-10(6-4-9)15(2)11(16)7-17-12-14-13-8-18-12/h8-10H,3-7H2,1-2H3. The Kier molecular flexibility index (Phi) is 5.00. The van der Waals surface area contributed by atoms with Crippen LogP contribution in [0.4, 0.5) is 0 Å². The Labute approximate surface area is 116 Å². The summed E-state index contributed by atoms with van der Waals surface area (Å²) >= 11 is 2.96. The van der Waals surface area contributed by atoms with Crippen LogP contribution in [0, 0.1) is 5.92 Å². The summed E-state index contributed by atoms with van der Waals surface area (Å²) in [7, 11) is 1.93. The Morgan fingerprint density at radius 1 is 1.50 bits per heavy atom. The smallest absolute Gasteiger partial charge is 0.233 e. The van der Waals surface area contributed by atoms with Gasteiger partial charge in [0.25, 0.3) is 0 Å². The number of hydrogen-bond donors (Lipinski definition) is 0. The maximum Gasteiger partial charge on any atom is 0.233 e. The molecule has 0 aromatic carbocycles. The maximum atomic E-state index is 12.1. The van der Waals surface area contributed by atoms with E-state index in [1.807, 2.05) is 11.9 Å². The van der Waals surface area contributed by atoms with Crippen molar-refractivity contribution in [2.24, 2.45) is 5.92 Å². The van der Waals surface area contributed by atoms with E-state index in [0.29, 0.717) is 11.8 Å². The molecule has 0 unspecified atom stereocenters. The zero-order valence-electron chi connectivity index (χ0n) is 10.8. The summed E-state index contributed by atoms with van der Waals surface area (Å²) in [4.78, 5) is 14.0. The molecule has 4 nitrogen and oxygen atoms in total. The van der Waals surface area contributed by atoms with Gasteiger partial charge in [-0.3, -0.25) is 4.79 Å². The highest BCUT2D eigenvalue weighted by Gasteiger charge is 2.24. The lowest BCUT2D eigenvalue weighted by molar-refractivity contribution is -0.129. The van der Waals surface area contributed by atoms with Gasteiger partial charge in [-0.1, -0.05) is 30.0 Å². The van der Waals surface area contributed by atoms with Crippen LogP contribution in [0.15, 0.2) is 9.85 Å². The predicted molar refractivity (Wildman–Crippen MR) is 74.8 cm³/mol. The van der Waals surface area contributed by atoms with E-state index in [2.05, 4.69) is 17.1 Å². The average Bonchev–Trinajstić information content (AvgIpc) is 2.89. The molecule has 1 aromatic heterocycles. The second kappa shape index (κ2) is 6.52. The molecule has 1 aliphatic carbocycles. The van der Waals surface area contributed by atoms with Gasteiger partial charge in [-0.25, -0.2) is 0 Å². The summed E-state index contributed by atoms with van der Waals surface area (Å²) < 4.78 is 0.869. The molecule has 0 N–H and O–H groups in total. The molecule has 0 atom stereocenters. The molecule has 18 heavy (non-hydrogen) atoms. The van der Waals surface area contributed by atoms with E-state index in [1.54, 1.807) is 5.51 Å². The van der Waals surface area contributed by atoms with Gasteiger partial charge >= 0.3 is 0 Å². The van der Waals surface area contributed by atoms with Crippen LogP contribution in [0.5, 0.6) is 0 Å². The number of thioether (sulfide) groups is 1. The largest absolute Gasteiger partial charge is 0.342 e. The zero-order chi connectivity index (χ0) is 13.0. The van der Waals surface area contributed by atoms with Crippen molar-refractivity contribution < 1.29 is 4.79 Å². The normalized spacial score (nSPS) is 23.9. The third-order valence-corrected chi connectivity index (χ3v) is 5.43. The van der Waals surface area contributed by atoms with Gasteiger partial charge in [-0.05, 0) is 31.6 Å². The Bertz CT molecular complexity index is 375. The van der Waals surface area contributed by atoms with Gasteiger partial charge in [0.15, 0.2) is 4.34 Å². The Hall–Kier alpha value is -0.620. The molecule has 1 fully saturated rings. The van der Waals surface area contributed by atoms with Crippen molar-refractivity contribution >= 4 is 29.0 Å². The van der Waals surface area contributed by atoms with E-state index in [-0.39, 0.29) is 5.91 Å². The number of nitrogens with zero attached hydrogens (tertiary/aromatic N) is 3. The second-order valence-electron chi connectivity index (χ2n) is 4.91. The summed E-state index contributed by atoms with van der Waals surface area (Å²) in [5.41, 5.74) is 1.69. The number of hydrogen-bond acceptors (Lipinski definition) is 5. The molecule has 1 amide bonds. The fourth-order valence-corrected chi connectivity index (χ4v) is 3.70. The van der Waals surface area contributed by atoms with Crippen molar-refractivity contribution in [1.82, 2.24) is 15.1 Å². The molecule has 0 spiro atoms. The lowest BCUT2D eigenvalue weighted by atomic mass is 9.87. The number of carbonyl (C=O) groups is 1. The molecule has 0 aliphatic heterocycles. The molecule has 1 heterocycles. The van der Waals surface area contributed by atoms with Crippen LogP contribution in [0.3, 0.4) is 0 Å². The summed E-state index contributed by atoms with van der Waals surface area (Å²) in [6.45, 7) is 2.29. The Balaban J connectivity index is 1.77. The number of aromatic nitrogens is 2. The van der Waals surface area contributed by atoms with Crippen LogP contribution < -0.4 is 0 Å². The van der Waals surface area contributed by atoms with Crippen molar-refractivity contribution in [2.45, 2.75) is 43.0 Å². The quantitative estimate of drug-likeness (QED) is 0.798. The van der Waals surface area contributed by atoms with E-state index in [9.17, 15) is 4.79 Å². The van der Waals surface area contributed by atoms with Crippen LogP contribution in [0.1, 0.15) is 32.6 Å². The topological polar surface area (TPSA) is 46.1 Å². The first-order valence-electron chi connectivity index (χ1n) is 6.31. The lowest BCUT2D eigenvalue weighted by Crippen LogP contribution is -2.40. The first-order chi connectivity index (χ1) is 8.66. The van der Waals surface area contributed by atoms with E-state index < -0.39 is 0 Å². The monoisotopic (exact) mass is 285 g/mol. The lowest BCUT2D eigenvalue weighted by Gasteiger charge is -2.33. The number of amides is 1. The van der Waals surface area contributed by atoms with Crippen molar-refractivity contribution in [2.75, 3.05) is 12.8 Å². The van der Waals surface area contributed by atoms with E-state index in [1.165, 1.54) is 35.9 Å². The van der Waals surface area contributed by atoms with Crippen molar-refractivity contribution in [3.63, 3.8) is 0 Å². The van der Waals surface area contributed by atoms with E-state index >= 15 is 0 Å². The molecule has 1 saturated carbocycles. The molecule has 0 radical (unpaired) electrons. The fourth-order valence-electron chi connectivity index (χ4n) is 2.28. The molecule has 0 bridgehead atoms. The molecule has 100 valence electrons. The number of rotatable bonds is 4. The van der Waals surface area contributed by atoms with Gasteiger partial charge in [0.05, 0.1) is 5.75 Å². The van der Waals surface area contributed by atoms with Crippen LogP contribution in [0.25, 0.3) is 0 Å². The first kappa shape index (κ1) is 13.8. The third-order valence-electron chi connectivity index (χ3n) is 3.59. The van der Waals surface area contributed by atoms with Gasteiger partial charge < -0.3 is 4.90 Å². The number of carbonyl (C=O) groups excluding carboxylic acids is 1. The van der Waals surface area contributed by atoms with Crippen LogP contribution in [-0.4, -0.2) is 39.8 Å². The highest BCUT2D eigenvalue weighted by Crippen LogP contribution is 2.27. The molecule has 6 heteroatoms. The minimum Gasteiger partial charge on any atom is -0.342 e. The van der Waals surface area contributed by atoms with E-state index in [0.717, 1.165) is 23.1 Å². The van der Waals surface area contributed by atoms with Crippen molar-refractivity contribution in [3.8, 4) is 0 Å². The second-order valence-corrected chi connectivity index (χ2v) is 6.97. The molecule has 1 aliphatic rings. The molecular weight excluding hydrogens is 266 g/mol. The van der Waals surface area contributed by atoms with Gasteiger partial charge in [0.2, 0.25) is 5.91 Å². The summed E-state index contributed by atoms with van der Waals surface area (Å²) in [5, 5.41) is 7.70. The van der Waals surface area contributed by atoms with Gasteiger partial charge in [-0.15, -0.1) is 10.2 Å². The van der Waals surface area contributed by atoms with Crippen LogP contribution in [-0.2, 0) is 4.79 Å². The fraction of sp³-hybridized carbons (Fsp3) is 0.750. The van der Waals surface area contributed by atoms with Gasteiger partial charge in [-0.2, -0.15) is 0 Å². The Morgan fingerprint density at radius 3 is 2.83 bits per heavy atom. The van der Waals surface area contributed by atoms with E-state index in [4.69, 9.17) is 0 Å². The summed E-state index contributed by atoms with van der Waals surface area (Å²) in [6, 6.07) is 0.434. The molecule has 0 saturated heterocycles. The third kappa shape index (κ3) is 3.68. The van der Waals surface area contributed by atoms with Crippen molar-refractivity contribution in [3.05, 3.63) is 5.51 Å². The van der Waals surface area contributed by atoms with Crippen LogP contribution in [0.2, 0.25) is 0 Å². The molecule has 2 rings (SSSR count). The SMILES string of the molecule is CC1CCC(N(C)C(=O)CSc2nncs2)CC1. The summed E-state index contributed by atoms with van der Waals surface area (Å²) in [6.07, 6.45) is 4.78. The highest BCUT2D eigenvalue weighted by molar-refractivity contribution is 8.01. The molecular formula is C12H19N3OS2. The van der Waals surface area contributed by atoms with Crippen molar-refractivity contribution in [1.29, 1.82) is 0 Å². The van der Waals surface area contributed by atoms with Gasteiger partial charge in [0.1, 0.15) is 5.51 Å². The Morgan fingerprint density at radius 2 is 2.22 bits per heavy atom. The highest BCUT2D eigenvalue weighted by atomic mass is 32.2. The van der Waals surface area contributed by atoms with Crippen LogP contribution >= 0.6 is 23.1 Å². The first-order valence-corrected chi connectivity index (χ1v) is 8.18. The average molecular weight is 285 g/mol. The molecule has 1 aromatic rings. The minimum atomic E-state index is 0.203. The zero-order valence-corrected chi connectivity index (χ0v) is 12.5. The summed E-state index contributed by atoms with van der Waals surface area (Å²) in [5.74, 6) is 1.49. The van der Waals surface area contributed by atoms with Gasteiger partial charge in [0, 0.05) is 13.1 Å². The maximum absolute atomic E-state index is 12.1.